The van der Waals surface area contributed by atoms with Crippen molar-refractivity contribution in [3.05, 3.63) is 17.7 Å². The van der Waals surface area contributed by atoms with E-state index < -0.39 is 10.0 Å². The summed E-state index contributed by atoms with van der Waals surface area (Å²) in [7, 11) is -3.33. The van der Waals surface area contributed by atoms with Crippen LogP contribution in [0.1, 0.15) is 17.8 Å². The fourth-order valence-electron chi connectivity index (χ4n) is 1.17. The van der Waals surface area contributed by atoms with Gasteiger partial charge in [-0.15, -0.1) is 0 Å². The highest BCUT2D eigenvalue weighted by atomic mass is 32.2. The number of aromatic amines is 1. The second-order valence-electron chi connectivity index (χ2n) is 3.37. The van der Waals surface area contributed by atoms with Crippen molar-refractivity contribution in [3.63, 3.8) is 0 Å². The minimum atomic E-state index is -3.33. The number of imidazole rings is 1. The lowest BCUT2D eigenvalue weighted by atomic mass is 10.3. The third-order valence-corrected chi connectivity index (χ3v) is 2.87. The molecule has 0 saturated heterocycles. The minimum absolute atomic E-state index is 0.0134. The molecule has 0 unspecified atom stereocenters. The first-order valence-electron chi connectivity index (χ1n) is 4.69. The number of rotatable bonds is 6. The SMILES string of the molecule is Cc1[nH]cnc1CNCCCS(N)(=O)=O. The van der Waals surface area contributed by atoms with Crippen LogP contribution in [0.4, 0.5) is 0 Å². The maximum Gasteiger partial charge on any atom is 0.209 e. The molecule has 4 N–H and O–H groups in total. The van der Waals surface area contributed by atoms with Crippen LogP contribution in [0.15, 0.2) is 6.33 Å². The highest BCUT2D eigenvalue weighted by molar-refractivity contribution is 7.89. The lowest BCUT2D eigenvalue weighted by Gasteiger charge is -2.02. The van der Waals surface area contributed by atoms with Gasteiger partial charge in [0.2, 0.25) is 10.0 Å². The maximum absolute atomic E-state index is 10.6. The highest BCUT2D eigenvalue weighted by Gasteiger charge is 2.02. The molecule has 0 amide bonds. The van der Waals surface area contributed by atoms with Crippen molar-refractivity contribution in [1.29, 1.82) is 0 Å². The van der Waals surface area contributed by atoms with Gasteiger partial charge in [-0.2, -0.15) is 0 Å². The normalized spacial score (nSPS) is 11.9. The molecule has 0 aromatic carbocycles. The molecular weight excluding hydrogens is 216 g/mol. The zero-order chi connectivity index (χ0) is 11.3. The molecule has 0 radical (unpaired) electrons. The van der Waals surface area contributed by atoms with E-state index in [0.29, 0.717) is 19.5 Å². The van der Waals surface area contributed by atoms with Gasteiger partial charge < -0.3 is 10.3 Å². The highest BCUT2D eigenvalue weighted by Crippen LogP contribution is 1.98. The molecule has 0 aliphatic rings. The van der Waals surface area contributed by atoms with Gasteiger partial charge in [0.15, 0.2) is 0 Å². The summed E-state index contributed by atoms with van der Waals surface area (Å²) in [5.74, 6) is 0.0134. The summed E-state index contributed by atoms with van der Waals surface area (Å²) in [5, 5.41) is 7.96. The Morgan fingerprint density at radius 1 is 1.60 bits per heavy atom. The maximum atomic E-state index is 10.6. The lowest BCUT2D eigenvalue weighted by molar-refractivity contribution is 0.589. The number of aryl methyl sites for hydroxylation is 1. The largest absolute Gasteiger partial charge is 0.348 e. The molecule has 0 fully saturated rings. The number of nitrogens with zero attached hydrogens (tertiary/aromatic N) is 1. The average molecular weight is 232 g/mol. The summed E-state index contributed by atoms with van der Waals surface area (Å²) in [6.45, 7) is 3.19. The molecule has 0 saturated carbocycles. The Balaban J connectivity index is 2.15. The van der Waals surface area contributed by atoms with Crippen molar-refractivity contribution in [2.45, 2.75) is 19.9 Å². The molecular formula is C8H16N4O2S. The number of primary sulfonamides is 1. The average Bonchev–Trinajstić information content (AvgIpc) is 2.49. The third-order valence-electron chi connectivity index (χ3n) is 2.01. The Labute approximate surface area is 89.3 Å². The van der Waals surface area contributed by atoms with Crippen LogP contribution in [0.2, 0.25) is 0 Å². The molecule has 1 aromatic heterocycles. The topological polar surface area (TPSA) is 101 Å². The van der Waals surface area contributed by atoms with Crippen LogP contribution in [-0.2, 0) is 16.6 Å². The Morgan fingerprint density at radius 2 is 2.33 bits per heavy atom. The Bertz CT molecular complexity index is 399. The molecule has 15 heavy (non-hydrogen) atoms. The van der Waals surface area contributed by atoms with Crippen molar-refractivity contribution in [2.24, 2.45) is 5.14 Å². The van der Waals surface area contributed by atoms with Crippen molar-refractivity contribution < 1.29 is 8.42 Å². The van der Waals surface area contributed by atoms with E-state index >= 15 is 0 Å². The number of nitrogens with one attached hydrogen (secondary N) is 2. The van der Waals surface area contributed by atoms with Crippen molar-refractivity contribution in [3.8, 4) is 0 Å². The molecule has 7 heteroatoms. The van der Waals surface area contributed by atoms with Crippen LogP contribution in [-0.4, -0.2) is 30.7 Å². The molecule has 0 spiro atoms. The summed E-state index contributed by atoms with van der Waals surface area (Å²) in [6.07, 6.45) is 2.15. The van der Waals surface area contributed by atoms with Gasteiger partial charge >= 0.3 is 0 Å². The van der Waals surface area contributed by atoms with E-state index in [1.807, 2.05) is 6.92 Å². The molecule has 1 rings (SSSR count). The van der Waals surface area contributed by atoms with Crippen molar-refractivity contribution in [1.82, 2.24) is 15.3 Å². The van der Waals surface area contributed by atoms with Crippen LogP contribution in [0, 0.1) is 6.92 Å². The second kappa shape index (κ2) is 5.24. The van der Waals surface area contributed by atoms with E-state index in [2.05, 4.69) is 15.3 Å². The number of aromatic nitrogens is 2. The quantitative estimate of drug-likeness (QED) is 0.575. The van der Waals surface area contributed by atoms with Gasteiger partial charge in [0.1, 0.15) is 0 Å². The van der Waals surface area contributed by atoms with E-state index in [9.17, 15) is 8.42 Å². The van der Waals surface area contributed by atoms with Gasteiger partial charge in [0, 0.05) is 12.2 Å². The van der Waals surface area contributed by atoms with E-state index in [4.69, 9.17) is 5.14 Å². The molecule has 0 bridgehead atoms. The lowest BCUT2D eigenvalue weighted by Crippen LogP contribution is -2.22. The summed E-state index contributed by atoms with van der Waals surface area (Å²) in [4.78, 5) is 7.07. The fourth-order valence-corrected chi connectivity index (χ4v) is 1.72. The Morgan fingerprint density at radius 3 is 2.87 bits per heavy atom. The van der Waals surface area contributed by atoms with Crippen LogP contribution < -0.4 is 10.5 Å². The third kappa shape index (κ3) is 4.91. The van der Waals surface area contributed by atoms with Crippen LogP contribution >= 0.6 is 0 Å². The monoisotopic (exact) mass is 232 g/mol. The summed E-state index contributed by atoms with van der Waals surface area (Å²) < 4.78 is 21.2. The molecule has 0 aliphatic carbocycles. The van der Waals surface area contributed by atoms with Gasteiger partial charge in [-0.3, -0.25) is 0 Å². The predicted octanol–water partition coefficient (Wildman–Crippen LogP) is -0.514. The van der Waals surface area contributed by atoms with Gasteiger partial charge in [0.05, 0.1) is 17.8 Å². The first kappa shape index (κ1) is 12.2. The molecule has 0 aliphatic heterocycles. The van der Waals surface area contributed by atoms with E-state index in [0.717, 1.165) is 11.4 Å². The van der Waals surface area contributed by atoms with Gasteiger partial charge in [-0.1, -0.05) is 0 Å². The number of sulfonamides is 1. The first-order valence-corrected chi connectivity index (χ1v) is 6.40. The minimum Gasteiger partial charge on any atom is -0.348 e. The summed E-state index contributed by atoms with van der Waals surface area (Å²) >= 11 is 0. The zero-order valence-corrected chi connectivity index (χ0v) is 9.47. The number of nitrogens with two attached hydrogens (primary N) is 1. The van der Waals surface area contributed by atoms with Gasteiger partial charge in [0.25, 0.3) is 0 Å². The number of hydrogen-bond donors (Lipinski definition) is 3. The van der Waals surface area contributed by atoms with Crippen molar-refractivity contribution >= 4 is 10.0 Å². The zero-order valence-electron chi connectivity index (χ0n) is 8.66. The summed E-state index contributed by atoms with van der Waals surface area (Å²) in [6, 6.07) is 0. The molecule has 6 nitrogen and oxygen atoms in total. The Kier molecular flexibility index (Phi) is 4.25. The fraction of sp³-hybridized carbons (Fsp3) is 0.625. The Hall–Kier alpha value is -0.920. The van der Waals surface area contributed by atoms with E-state index in [-0.39, 0.29) is 5.75 Å². The summed E-state index contributed by atoms with van der Waals surface area (Å²) in [5.41, 5.74) is 1.97. The van der Waals surface area contributed by atoms with E-state index in [1.54, 1.807) is 6.33 Å². The molecule has 0 atom stereocenters. The second-order valence-corrected chi connectivity index (χ2v) is 5.11. The molecule has 1 heterocycles. The number of H-pyrrole nitrogens is 1. The van der Waals surface area contributed by atoms with Crippen LogP contribution in [0.3, 0.4) is 0 Å². The molecule has 1 aromatic rings. The van der Waals surface area contributed by atoms with Gasteiger partial charge in [-0.25, -0.2) is 18.5 Å². The smallest absolute Gasteiger partial charge is 0.209 e. The van der Waals surface area contributed by atoms with Crippen LogP contribution in [0.5, 0.6) is 0 Å². The van der Waals surface area contributed by atoms with E-state index in [1.165, 1.54) is 0 Å². The van der Waals surface area contributed by atoms with Gasteiger partial charge in [-0.05, 0) is 19.9 Å². The van der Waals surface area contributed by atoms with Crippen LogP contribution in [0.25, 0.3) is 0 Å². The van der Waals surface area contributed by atoms with Crippen molar-refractivity contribution in [2.75, 3.05) is 12.3 Å². The first-order chi connectivity index (χ1) is 6.99. The molecule has 86 valence electrons. The predicted molar refractivity (Wildman–Crippen MR) is 57.6 cm³/mol. The standard InChI is InChI=1S/C8H16N4O2S/c1-7-8(12-6-11-7)5-10-3-2-4-15(9,13)14/h6,10H,2-5H2,1H3,(H,11,12)(H2,9,13,14). The number of hydrogen-bond acceptors (Lipinski definition) is 4.